The highest BCUT2D eigenvalue weighted by molar-refractivity contribution is 7.89. The number of nitrogens with zero attached hydrogens (tertiary/aromatic N) is 1. The minimum absolute atomic E-state index is 0.136. The van der Waals surface area contributed by atoms with Crippen LogP contribution in [0.2, 0.25) is 0 Å². The van der Waals surface area contributed by atoms with Gasteiger partial charge in [0.1, 0.15) is 0 Å². The molecule has 0 spiro atoms. The van der Waals surface area contributed by atoms with Crippen molar-refractivity contribution in [3.63, 3.8) is 0 Å². The molecule has 144 valence electrons. The van der Waals surface area contributed by atoms with Crippen molar-refractivity contribution in [2.24, 2.45) is 5.10 Å². The van der Waals surface area contributed by atoms with Crippen molar-refractivity contribution in [2.75, 3.05) is 0 Å². The summed E-state index contributed by atoms with van der Waals surface area (Å²) in [6.45, 7) is 9.15. The zero-order valence-electron chi connectivity index (χ0n) is 16.2. The van der Waals surface area contributed by atoms with E-state index < -0.39 is 16.1 Å². The van der Waals surface area contributed by atoms with Gasteiger partial charge in [-0.15, -0.1) is 0 Å². The van der Waals surface area contributed by atoms with Gasteiger partial charge in [-0.1, -0.05) is 34.9 Å². The molecule has 2 aromatic carbocycles. The lowest BCUT2D eigenvalue weighted by molar-refractivity contribution is 0.0949. The molecule has 1 unspecified atom stereocenters. The number of hydrogen-bond donors (Lipinski definition) is 2. The third kappa shape index (κ3) is 5.65. The maximum atomic E-state index is 12.4. The van der Waals surface area contributed by atoms with Gasteiger partial charge < -0.3 is 5.32 Å². The maximum Gasteiger partial charge on any atom is 0.276 e. The second-order valence-electron chi connectivity index (χ2n) is 6.73. The molecule has 0 heterocycles. The van der Waals surface area contributed by atoms with Gasteiger partial charge in [-0.25, -0.2) is 4.83 Å². The third-order valence-corrected chi connectivity index (χ3v) is 5.36. The highest BCUT2D eigenvalue weighted by atomic mass is 32.2. The van der Waals surface area contributed by atoms with E-state index in [4.69, 9.17) is 0 Å². The zero-order valence-corrected chi connectivity index (χ0v) is 17.0. The smallest absolute Gasteiger partial charge is 0.276 e. The molecule has 2 N–H and O–H groups in total. The zero-order chi connectivity index (χ0) is 20.2. The second-order valence-corrected chi connectivity index (χ2v) is 8.39. The summed E-state index contributed by atoms with van der Waals surface area (Å²) in [6.07, 6.45) is 0. The van der Waals surface area contributed by atoms with E-state index in [1.807, 2.05) is 39.0 Å². The second kappa shape index (κ2) is 8.35. The maximum absolute atomic E-state index is 12.4. The van der Waals surface area contributed by atoms with Crippen molar-refractivity contribution >= 4 is 21.6 Å². The Morgan fingerprint density at radius 2 is 1.52 bits per heavy atom. The number of aryl methyl sites for hydroxylation is 3. The first-order valence-electron chi connectivity index (χ1n) is 8.60. The van der Waals surface area contributed by atoms with Crippen LogP contribution in [0.3, 0.4) is 0 Å². The van der Waals surface area contributed by atoms with Crippen molar-refractivity contribution in [1.82, 2.24) is 10.1 Å². The molecule has 0 saturated carbocycles. The molecule has 27 heavy (non-hydrogen) atoms. The minimum Gasteiger partial charge on any atom is -0.344 e. The number of nitrogens with one attached hydrogen (secondary N) is 2. The number of hydrazone groups is 1. The van der Waals surface area contributed by atoms with Crippen molar-refractivity contribution in [3.8, 4) is 0 Å². The van der Waals surface area contributed by atoms with Gasteiger partial charge in [-0.05, 0) is 58.9 Å². The Morgan fingerprint density at radius 1 is 0.963 bits per heavy atom. The summed E-state index contributed by atoms with van der Waals surface area (Å²) in [4.78, 5) is 14.8. The molecule has 2 rings (SSSR count). The summed E-state index contributed by atoms with van der Waals surface area (Å²) in [6, 6.07) is 11.7. The molecule has 0 bridgehead atoms. The van der Waals surface area contributed by atoms with E-state index in [-0.39, 0.29) is 10.8 Å². The average Bonchev–Trinajstić information content (AvgIpc) is 2.59. The molecule has 0 aliphatic heterocycles. The highest BCUT2D eigenvalue weighted by Crippen LogP contribution is 2.11. The van der Waals surface area contributed by atoms with E-state index in [9.17, 15) is 13.2 Å². The predicted octanol–water partition coefficient (Wildman–Crippen LogP) is 3.08. The van der Waals surface area contributed by atoms with E-state index in [1.165, 1.54) is 12.1 Å². The minimum atomic E-state index is -3.75. The third-order valence-electron chi connectivity index (χ3n) is 4.13. The van der Waals surface area contributed by atoms with Gasteiger partial charge in [-0.2, -0.15) is 13.5 Å². The Morgan fingerprint density at radius 3 is 2.07 bits per heavy atom. The molecular weight excluding hydrogens is 362 g/mol. The molecule has 6 nitrogen and oxygen atoms in total. The first-order chi connectivity index (χ1) is 12.6. The number of carbonyl (C=O) groups is 1. The van der Waals surface area contributed by atoms with Gasteiger partial charge in [0.2, 0.25) is 0 Å². The van der Waals surface area contributed by atoms with Gasteiger partial charge in [0, 0.05) is 5.56 Å². The summed E-state index contributed by atoms with van der Waals surface area (Å²) < 4.78 is 24.6. The van der Waals surface area contributed by atoms with Crippen LogP contribution in [0.5, 0.6) is 0 Å². The molecule has 7 heteroatoms. The lowest BCUT2D eigenvalue weighted by Gasteiger charge is -2.15. The molecule has 1 atom stereocenters. The lowest BCUT2D eigenvalue weighted by Crippen LogP contribution is -2.38. The Kier molecular flexibility index (Phi) is 6.38. The molecule has 0 radical (unpaired) electrons. The fourth-order valence-corrected chi connectivity index (χ4v) is 3.35. The molecular formula is C20H25N3O3S. The lowest BCUT2D eigenvalue weighted by atomic mass is 10.1. The summed E-state index contributed by atoms with van der Waals surface area (Å²) in [7, 11) is -3.75. The van der Waals surface area contributed by atoms with Gasteiger partial charge in [-0.3, -0.25) is 4.79 Å². The standard InChI is InChI=1S/C20H25N3O3S/c1-13-6-8-19(9-7-13)27(25,26)23-22-17(5)16(4)21-20(24)18-11-14(2)10-15(3)12-18/h6-12,16,23H,1-5H3,(H,21,24)/b22-17-. The van der Waals surface area contributed by atoms with E-state index in [0.29, 0.717) is 11.3 Å². The Bertz CT molecular complexity index is 944. The van der Waals surface area contributed by atoms with Crippen LogP contribution in [0.4, 0.5) is 0 Å². The molecule has 2 aromatic rings. The van der Waals surface area contributed by atoms with Crippen molar-refractivity contribution < 1.29 is 13.2 Å². The first-order valence-corrected chi connectivity index (χ1v) is 10.1. The van der Waals surface area contributed by atoms with Crippen LogP contribution in [0.1, 0.15) is 40.9 Å². The molecule has 0 aromatic heterocycles. The SMILES string of the molecule is C/C(=N/NS(=O)(=O)c1ccc(C)cc1)C(C)NC(=O)c1cc(C)cc(C)c1. The van der Waals surface area contributed by atoms with Crippen molar-refractivity contribution in [1.29, 1.82) is 0 Å². The van der Waals surface area contributed by atoms with Crippen LogP contribution in [-0.4, -0.2) is 26.1 Å². The summed E-state index contributed by atoms with van der Waals surface area (Å²) in [5.41, 5.74) is 3.99. The van der Waals surface area contributed by atoms with Crippen LogP contribution in [0.25, 0.3) is 0 Å². The fourth-order valence-electron chi connectivity index (χ4n) is 2.49. The van der Waals surface area contributed by atoms with Crippen LogP contribution in [-0.2, 0) is 10.0 Å². The normalized spacial score (nSPS) is 13.1. The fraction of sp³-hybridized carbons (Fsp3) is 0.300. The number of benzene rings is 2. The molecule has 0 aliphatic carbocycles. The summed E-state index contributed by atoms with van der Waals surface area (Å²) >= 11 is 0. The topological polar surface area (TPSA) is 87.6 Å². The van der Waals surface area contributed by atoms with Crippen LogP contribution in [0, 0.1) is 20.8 Å². The Labute approximate surface area is 160 Å². The van der Waals surface area contributed by atoms with Crippen molar-refractivity contribution in [3.05, 3.63) is 64.7 Å². The number of sulfonamides is 1. The monoisotopic (exact) mass is 387 g/mol. The Hall–Kier alpha value is -2.67. The van der Waals surface area contributed by atoms with Gasteiger partial charge in [0.25, 0.3) is 15.9 Å². The molecule has 0 aliphatic rings. The number of amides is 1. The van der Waals surface area contributed by atoms with Gasteiger partial charge >= 0.3 is 0 Å². The number of hydrogen-bond acceptors (Lipinski definition) is 4. The number of carbonyl (C=O) groups excluding carboxylic acids is 1. The molecule has 0 fully saturated rings. The van der Waals surface area contributed by atoms with Crippen LogP contribution in [0.15, 0.2) is 52.5 Å². The summed E-state index contributed by atoms with van der Waals surface area (Å²) in [5.74, 6) is -0.231. The predicted molar refractivity (Wildman–Crippen MR) is 107 cm³/mol. The Balaban J connectivity index is 2.06. The average molecular weight is 388 g/mol. The largest absolute Gasteiger partial charge is 0.344 e. The number of rotatable bonds is 6. The van der Waals surface area contributed by atoms with E-state index in [0.717, 1.165) is 16.7 Å². The van der Waals surface area contributed by atoms with Crippen molar-refractivity contribution in [2.45, 2.75) is 45.6 Å². The first kappa shape index (κ1) is 20.6. The van der Waals surface area contributed by atoms with Gasteiger partial charge in [0.15, 0.2) is 0 Å². The van der Waals surface area contributed by atoms with Crippen LogP contribution >= 0.6 is 0 Å². The van der Waals surface area contributed by atoms with E-state index >= 15 is 0 Å². The summed E-state index contributed by atoms with van der Waals surface area (Å²) in [5, 5.41) is 6.77. The highest BCUT2D eigenvalue weighted by Gasteiger charge is 2.15. The van der Waals surface area contributed by atoms with Gasteiger partial charge in [0.05, 0.1) is 16.6 Å². The molecule has 0 saturated heterocycles. The quantitative estimate of drug-likeness (QED) is 0.590. The van der Waals surface area contributed by atoms with E-state index in [2.05, 4.69) is 15.2 Å². The van der Waals surface area contributed by atoms with Crippen LogP contribution < -0.4 is 10.1 Å². The van der Waals surface area contributed by atoms with E-state index in [1.54, 1.807) is 26.0 Å². The molecule has 1 amide bonds.